The summed E-state index contributed by atoms with van der Waals surface area (Å²) in [5.41, 5.74) is 1.71. The Hall–Kier alpha value is 0.0900. The molecule has 0 aromatic rings. The van der Waals surface area contributed by atoms with E-state index in [9.17, 15) is 4.79 Å². The first-order valence-corrected chi connectivity index (χ1v) is 13.1. The van der Waals surface area contributed by atoms with E-state index in [0.717, 1.165) is 24.7 Å². The van der Waals surface area contributed by atoms with Gasteiger partial charge in [0.05, 0.1) is 12.2 Å². The van der Waals surface area contributed by atoms with Crippen LogP contribution < -0.4 is 5.48 Å². The Morgan fingerprint density at radius 1 is 1.15 bits per heavy atom. The summed E-state index contributed by atoms with van der Waals surface area (Å²) in [6, 6.07) is 0. The molecule has 158 valence electrons. The van der Waals surface area contributed by atoms with Crippen LogP contribution in [0, 0.1) is 11.8 Å². The lowest BCUT2D eigenvalue weighted by Crippen LogP contribution is -2.30. The minimum Gasteiger partial charge on any atom is -0.374 e. The van der Waals surface area contributed by atoms with Gasteiger partial charge in [-0.3, -0.25) is 10.0 Å². The van der Waals surface area contributed by atoms with E-state index < -0.39 is 0 Å². The van der Waals surface area contributed by atoms with Gasteiger partial charge in [0, 0.05) is 11.7 Å². The van der Waals surface area contributed by atoms with Gasteiger partial charge in [-0.2, -0.15) is 23.5 Å². The number of nitrogens with one attached hydrogen (secondary N) is 1. The normalized spacial score (nSPS) is 27.8. The van der Waals surface area contributed by atoms with Gasteiger partial charge in [-0.1, -0.05) is 33.1 Å². The van der Waals surface area contributed by atoms with Crippen molar-refractivity contribution in [2.75, 3.05) is 17.3 Å². The molecule has 2 heterocycles. The molecule has 1 amide bonds. The Labute approximate surface area is 174 Å². The molecular formula is C21H39NO3S2. The zero-order valence-corrected chi connectivity index (χ0v) is 18.8. The highest BCUT2D eigenvalue weighted by atomic mass is 32.2. The smallest absolute Gasteiger partial charge is 0.243 e. The zero-order valence-electron chi connectivity index (χ0n) is 17.2. The summed E-state index contributed by atoms with van der Waals surface area (Å²) < 4.78 is 6.26. The predicted octanol–water partition coefficient (Wildman–Crippen LogP) is 5.28. The fourth-order valence-electron chi connectivity index (χ4n) is 4.42. The topological polar surface area (TPSA) is 58.6 Å². The van der Waals surface area contributed by atoms with Crippen molar-refractivity contribution >= 4 is 29.4 Å². The first kappa shape index (κ1) is 23.4. The quantitative estimate of drug-likeness (QED) is 0.216. The highest BCUT2D eigenvalue weighted by Gasteiger charge is 2.48. The SMILES string of the molecule is CCCCCCSCCC1C2CCC(O2)C1CSC(C)CCCC(=O)NO. The van der Waals surface area contributed by atoms with Gasteiger partial charge in [0.15, 0.2) is 0 Å². The highest BCUT2D eigenvalue weighted by molar-refractivity contribution is 7.99. The number of amides is 1. The summed E-state index contributed by atoms with van der Waals surface area (Å²) in [6.45, 7) is 4.53. The molecule has 4 nitrogen and oxygen atoms in total. The molecule has 2 N–H and O–H groups in total. The van der Waals surface area contributed by atoms with Gasteiger partial charge in [-0.05, 0) is 67.6 Å². The monoisotopic (exact) mass is 417 g/mol. The van der Waals surface area contributed by atoms with Gasteiger partial charge < -0.3 is 4.74 Å². The van der Waals surface area contributed by atoms with Crippen molar-refractivity contribution in [3.05, 3.63) is 0 Å². The lowest BCUT2D eigenvalue weighted by atomic mass is 9.79. The Bertz CT molecular complexity index is 424. The summed E-state index contributed by atoms with van der Waals surface area (Å²) >= 11 is 4.19. The van der Waals surface area contributed by atoms with Crippen LogP contribution in [-0.2, 0) is 9.53 Å². The van der Waals surface area contributed by atoms with Crippen molar-refractivity contribution in [1.82, 2.24) is 5.48 Å². The van der Waals surface area contributed by atoms with E-state index in [1.165, 1.54) is 62.2 Å². The van der Waals surface area contributed by atoms with Crippen LogP contribution in [0.1, 0.15) is 78.1 Å². The molecule has 6 heteroatoms. The van der Waals surface area contributed by atoms with Crippen molar-refractivity contribution in [3.8, 4) is 0 Å². The summed E-state index contributed by atoms with van der Waals surface area (Å²) in [7, 11) is 0. The van der Waals surface area contributed by atoms with E-state index in [4.69, 9.17) is 9.94 Å². The molecule has 5 unspecified atom stereocenters. The molecule has 2 bridgehead atoms. The molecule has 2 aliphatic rings. The number of carbonyl (C=O) groups excluding carboxylic acids is 1. The number of fused-ring (bicyclic) bond motifs is 2. The number of hydrogen-bond acceptors (Lipinski definition) is 5. The van der Waals surface area contributed by atoms with Crippen LogP contribution in [0.3, 0.4) is 0 Å². The van der Waals surface area contributed by atoms with Crippen molar-refractivity contribution in [2.45, 2.75) is 95.5 Å². The second kappa shape index (κ2) is 13.3. The maximum atomic E-state index is 11.1. The second-order valence-electron chi connectivity index (χ2n) is 8.15. The molecule has 0 radical (unpaired) electrons. The van der Waals surface area contributed by atoms with E-state index in [2.05, 4.69) is 25.6 Å². The Morgan fingerprint density at radius 2 is 1.93 bits per heavy atom. The van der Waals surface area contributed by atoms with Crippen LogP contribution in [0.4, 0.5) is 0 Å². The lowest BCUT2D eigenvalue weighted by Gasteiger charge is -2.28. The van der Waals surface area contributed by atoms with Crippen molar-refractivity contribution in [2.24, 2.45) is 11.8 Å². The summed E-state index contributed by atoms with van der Waals surface area (Å²) in [4.78, 5) is 11.1. The zero-order chi connectivity index (χ0) is 19.5. The molecule has 2 saturated heterocycles. The summed E-state index contributed by atoms with van der Waals surface area (Å²) in [5.74, 6) is 5.00. The number of hydroxylamine groups is 1. The molecular weight excluding hydrogens is 378 g/mol. The third-order valence-electron chi connectivity index (χ3n) is 6.04. The molecule has 0 spiro atoms. The second-order valence-corrected chi connectivity index (χ2v) is 10.8. The van der Waals surface area contributed by atoms with Crippen LogP contribution in [0.5, 0.6) is 0 Å². The van der Waals surface area contributed by atoms with Crippen molar-refractivity contribution in [1.29, 1.82) is 0 Å². The van der Waals surface area contributed by atoms with Gasteiger partial charge in [0.2, 0.25) is 5.91 Å². The number of rotatable bonds is 15. The first-order valence-electron chi connectivity index (χ1n) is 10.9. The fourth-order valence-corrected chi connectivity index (χ4v) is 6.82. The molecule has 27 heavy (non-hydrogen) atoms. The van der Waals surface area contributed by atoms with Gasteiger partial charge in [0.1, 0.15) is 0 Å². The minimum atomic E-state index is -0.277. The number of hydrogen-bond donors (Lipinski definition) is 2. The van der Waals surface area contributed by atoms with Gasteiger partial charge >= 0.3 is 0 Å². The van der Waals surface area contributed by atoms with Crippen molar-refractivity contribution in [3.63, 3.8) is 0 Å². The predicted molar refractivity (Wildman–Crippen MR) is 117 cm³/mol. The van der Waals surface area contributed by atoms with Crippen LogP contribution >= 0.6 is 23.5 Å². The number of thioether (sulfide) groups is 2. The highest BCUT2D eigenvalue weighted by Crippen LogP contribution is 2.47. The van der Waals surface area contributed by atoms with E-state index in [1.54, 1.807) is 5.48 Å². The maximum absolute atomic E-state index is 11.1. The number of unbranched alkanes of at least 4 members (excludes halogenated alkanes) is 3. The van der Waals surface area contributed by atoms with E-state index in [1.807, 2.05) is 11.8 Å². The lowest BCUT2D eigenvalue weighted by molar-refractivity contribution is -0.129. The molecule has 0 aliphatic carbocycles. The van der Waals surface area contributed by atoms with Gasteiger partial charge in [-0.15, -0.1) is 0 Å². The molecule has 5 atom stereocenters. The number of carbonyl (C=O) groups is 1. The maximum Gasteiger partial charge on any atom is 0.243 e. The molecule has 2 fully saturated rings. The van der Waals surface area contributed by atoms with Crippen LogP contribution in [0.2, 0.25) is 0 Å². The van der Waals surface area contributed by atoms with Crippen molar-refractivity contribution < 1.29 is 14.7 Å². The average molecular weight is 418 g/mol. The molecule has 2 rings (SSSR count). The molecule has 0 aromatic heterocycles. The fraction of sp³-hybridized carbons (Fsp3) is 0.952. The van der Waals surface area contributed by atoms with E-state index in [-0.39, 0.29) is 5.91 Å². The largest absolute Gasteiger partial charge is 0.374 e. The average Bonchev–Trinajstić information content (AvgIpc) is 3.27. The molecule has 0 saturated carbocycles. The Balaban J connectivity index is 1.62. The van der Waals surface area contributed by atoms with Gasteiger partial charge in [-0.25, -0.2) is 5.48 Å². The van der Waals surface area contributed by atoms with Crippen LogP contribution in [-0.4, -0.2) is 45.8 Å². The summed E-state index contributed by atoms with van der Waals surface area (Å²) in [5, 5.41) is 9.12. The Morgan fingerprint density at radius 3 is 2.67 bits per heavy atom. The number of ether oxygens (including phenoxy) is 1. The summed E-state index contributed by atoms with van der Waals surface area (Å²) in [6.07, 6.45) is 12.6. The first-order chi connectivity index (χ1) is 13.2. The standard InChI is InChI=1S/C21H39NO3S2/c1-3-4-5-6-13-26-14-12-17-18(20-11-10-19(17)25-20)15-27-16(2)8-7-9-21(23)22-24/h16-20,24H,3-15H2,1-2H3,(H,22,23). The minimum absolute atomic E-state index is 0.277. The van der Waals surface area contributed by atoms with Gasteiger partial charge in [0.25, 0.3) is 0 Å². The third kappa shape index (κ3) is 8.15. The molecule has 0 aromatic carbocycles. The Kier molecular flexibility index (Phi) is 11.5. The molecule has 2 aliphatic heterocycles. The van der Waals surface area contributed by atoms with E-state index >= 15 is 0 Å². The van der Waals surface area contributed by atoms with E-state index in [0.29, 0.717) is 23.9 Å². The third-order valence-corrected chi connectivity index (χ3v) is 8.52. The van der Waals surface area contributed by atoms with Crippen LogP contribution in [0.15, 0.2) is 0 Å². The van der Waals surface area contributed by atoms with Crippen LogP contribution in [0.25, 0.3) is 0 Å².